The molecule has 0 spiro atoms. The van der Waals surface area contributed by atoms with Gasteiger partial charge in [0.05, 0.1) is 16.9 Å². The van der Waals surface area contributed by atoms with Crippen molar-refractivity contribution in [2.75, 3.05) is 0 Å². The van der Waals surface area contributed by atoms with Gasteiger partial charge in [-0.05, 0) is 57.3 Å². The summed E-state index contributed by atoms with van der Waals surface area (Å²) in [6, 6.07) is 10.6. The van der Waals surface area contributed by atoms with Crippen LogP contribution in [-0.4, -0.2) is 62.5 Å². The van der Waals surface area contributed by atoms with Gasteiger partial charge in [-0.25, -0.2) is 0 Å². The van der Waals surface area contributed by atoms with Crippen molar-refractivity contribution in [2.45, 2.75) is 45.8 Å². The molecule has 1 fully saturated rings. The van der Waals surface area contributed by atoms with Crippen molar-refractivity contribution in [3.8, 4) is 22.4 Å². The van der Waals surface area contributed by atoms with Gasteiger partial charge < -0.3 is 9.31 Å². The number of benzene rings is 2. The van der Waals surface area contributed by atoms with Crippen LogP contribution in [0.2, 0.25) is 0 Å². The van der Waals surface area contributed by atoms with Crippen molar-refractivity contribution in [3.05, 3.63) is 42.1 Å². The van der Waals surface area contributed by atoms with E-state index in [1.54, 1.807) is 0 Å². The molecule has 0 saturated carbocycles. The Hall–Kier alpha value is -2.10. The zero-order chi connectivity index (χ0) is 24.3. The topological polar surface area (TPSA) is 31.4 Å². The molecule has 3 nitrogen and oxygen atoms in total. The SMILES string of the molecule is Bc1c(B)c(B)c(-c2cnc(-c3ccc(B4OC(C)(C)C(C)(C)O4)cc3)cc2C)c(B)c1B. The Bertz CT molecular complexity index is 1200. The monoisotopic (exact) mass is 431 g/mol. The maximum Gasteiger partial charge on any atom is 0.494 e. The lowest BCUT2D eigenvalue weighted by molar-refractivity contribution is 0.00578. The molecule has 0 radical (unpaired) electrons. The van der Waals surface area contributed by atoms with Crippen molar-refractivity contribution in [1.29, 1.82) is 0 Å². The number of aromatic nitrogens is 1. The number of pyridine rings is 1. The van der Waals surface area contributed by atoms with Gasteiger partial charge in [0, 0.05) is 17.3 Å². The van der Waals surface area contributed by atoms with E-state index in [1.165, 1.54) is 44.0 Å². The summed E-state index contributed by atoms with van der Waals surface area (Å²) >= 11 is 0. The van der Waals surface area contributed by atoms with Gasteiger partial charge in [0.1, 0.15) is 39.2 Å². The lowest BCUT2D eigenvalue weighted by atomic mass is 9.59. The van der Waals surface area contributed by atoms with Crippen LogP contribution in [-0.2, 0) is 9.31 Å². The van der Waals surface area contributed by atoms with Crippen LogP contribution in [0.25, 0.3) is 22.4 Å². The predicted molar refractivity (Wildman–Crippen MR) is 156 cm³/mol. The molecule has 0 unspecified atom stereocenters. The van der Waals surface area contributed by atoms with Crippen LogP contribution >= 0.6 is 0 Å². The van der Waals surface area contributed by atoms with E-state index in [-0.39, 0.29) is 18.3 Å². The predicted octanol–water partition coefficient (Wildman–Crippen LogP) is -3.68. The minimum Gasteiger partial charge on any atom is -0.399 e. The highest BCUT2D eigenvalue weighted by atomic mass is 16.7. The second-order valence-corrected chi connectivity index (χ2v) is 10.6. The molecule has 3 aromatic rings. The third kappa shape index (κ3) is 4.04. The van der Waals surface area contributed by atoms with E-state index in [0.717, 1.165) is 16.7 Å². The first-order chi connectivity index (χ1) is 15.3. The highest BCUT2D eigenvalue weighted by molar-refractivity contribution is 6.68. The summed E-state index contributed by atoms with van der Waals surface area (Å²) in [5, 5.41) is 0. The summed E-state index contributed by atoms with van der Waals surface area (Å²) in [5.41, 5.74) is 13.0. The summed E-state index contributed by atoms with van der Waals surface area (Å²) < 4.78 is 12.4. The van der Waals surface area contributed by atoms with E-state index >= 15 is 0 Å². The maximum absolute atomic E-state index is 6.19. The molecular weight excluding hydrogens is 399 g/mol. The standard InChI is InChI=1S/C24H31B6NO2/c1-12-10-16(31-11-15(12)17-18(25)20(27)22(29)21(28)19(17)26)13-6-8-14(9-7-13)30-32-23(2,3)24(4,5)33-30/h6-11H,25-29H2,1-5H3. The summed E-state index contributed by atoms with van der Waals surface area (Å²) in [7, 11) is 10.8. The van der Waals surface area contributed by atoms with Crippen molar-refractivity contribution < 1.29 is 9.31 Å². The Morgan fingerprint density at radius 2 is 1.24 bits per heavy atom. The first-order valence-electron chi connectivity index (χ1n) is 11.8. The van der Waals surface area contributed by atoms with E-state index < -0.39 is 0 Å². The third-order valence-electron chi connectivity index (χ3n) is 8.11. The Morgan fingerprint density at radius 3 is 1.73 bits per heavy atom. The smallest absolute Gasteiger partial charge is 0.399 e. The zero-order valence-corrected chi connectivity index (χ0v) is 21.8. The quantitative estimate of drug-likeness (QED) is 0.402. The van der Waals surface area contributed by atoms with Crippen LogP contribution in [0.5, 0.6) is 0 Å². The molecule has 162 valence electrons. The van der Waals surface area contributed by atoms with Crippen LogP contribution in [0, 0.1) is 6.92 Å². The summed E-state index contributed by atoms with van der Waals surface area (Å²) in [6.45, 7) is 10.5. The zero-order valence-electron chi connectivity index (χ0n) is 21.8. The van der Waals surface area contributed by atoms with Crippen LogP contribution in [0.1, 0.15) is 33.3 Å². The van der Waals surface area contributed by atoms with Gasteiger partial charge in [0.15, 0.2) is 0 Å². The largest absolute Gasteiger partial charge is 0.494 e. The normalized spacial score (nSPS) is 16.8. The average molecular weight is 430 g/mol. The summed E-state index contributed by atoms with van der Waals surface area (Å²) in [4.78, 5) is 4.86. The number of aryl methyl sites for hydroxylation is 1. The second kappa shape index (κ2) is 8.29. The van der Waals surface area contributed by atoms with Gasteiger partial charge in [-0.2, -0.15) is 0 Å². The molecule has 4 rings (SSSR count). The van der Waals surface area contributed by atoms with Gasteiger partial charge in [0.2, 0.25) is 0 Å². The maximum atomic E-state index is 6.19. The molecule has 33 heavy (non-hydrogen) atoms. The molecule has 0 aliphatic carbocycles. The average Bonchev–Trinajstić information content (AvgIpc) is 2.99. The lowest BCUT2D eigenvalue weighted by Gasteiger charge is -2.32. The minimum atomic E-state index is -0.347. The first-order valence-corrected chi connectivity index (χ1v) is 11.8. The number of nitrogens with zero attached hydrogens (tertiary/aromatic N) is 1. The molecule has 0 N–H and O–H groups in total. The fourth-order valence-corrected chi connectivity index (χ4v) is 4.67. The molecule has 2 heterocycles. The van der Waals surface area contributed by atoms with Gasteiger partial charge in [-0.1, -0.05) is 35.2 Å². The number of rotatable bonds is 3. The van der Waals surface area contributed by atoms with E-state index in [9.17, 15) is 0 Å². The molecule has 1 aliphatic rings. The number of hydrogen-bond donors (Lipinski definition) is 0. The lowest BCUT2D eigenvalue weighted by Crippen LogP contribution is -2.55. The van der Waals surface area contributed by atoms with Crippen molar-refractivity contribution in [1.82, 2.24) is 4.98 Å². The minimum absolute atomic E-state index is 0.339. The van der Waals surface area contributed by atoms with Crippen molar-refractivity contribution in [3.63, 3.8) is 0 Å². The Kier molecular flexibility index (Phi) is 6.04. The van der Waals surface area contributed by atoms with Crippen LogP contribution in [0.3, 0.4) is 0 Å². The molecule has 0 bridgehead atoms. The molecule has 1 aromatic heterocycles. The molecule has 0 amide bonds. The molecule has 1 aliphatic heterocycles. The van der Waals surface area contributed by atoms with Gasteiger partial charge in [-0.3, -0.25) is 4.98 Å². The fraction of sp³-hybridized carbons (Fsp3) is 0.292. The first kappa shape index (κ1) is 24.0. The molecular formula is C24H31B6NO2. The van der Waals surface area contributed by atoms with Crippen LogP contribution in [0.15, 0.2) is 36.5 Å². The third-order valence-corrected chi connectivity index (χ3v) is 8.11. The van der Waals surface area contributed by atoms with E-state index in [4.69, 9.17) is 14.3 Å². The van der Waals surface area contributed by atoms with Crippen LogP contribution < -0.4 is 32.8 Å². The summed E-state index contributed by atoms with van der Waals surface area (Å²) in [5.74, 6) is 0. The Balaban J connectivity index is 1.65. The van der Waals surface area contributed by atoms with E-state index in [1.807, 2.05) is 6.20 Å². The number of hydrogen-bond acceptors (Lipinski definition) is 3. The second-order valence-electron chi connectivity index (χ2n) is 10.6. The molecule has 2 aromatic carbocycles. The fourth-order valence-electron chi connectivity index (χ4n) is 4.67. The van der Waals surface area contributed by atoms with Crippen LogP contribution in [0.4, 0.5) is 0 Å². The van der Waals surface area contributed by atoms with E-state index in [2.05, 4.69) is 104 Å². The van der Waals surface area contributed by atoms with Crippen molar-refractivity contribution in [2.24, 2.45) is 0 Å². The molecule has 9 heteroatoms. The molecule has 0 atom stereocenters. The van der Waals surface area contributed by atoms with E-state index in [0.29, 0.717) is 0 Å². The van der Waals surface area contributed by atoms with Gasteiger partial charge >= 0.3 is 7.12 Å². The van der Waals surface area contributed by atoms with Crippen molar-refractivity contribution >= 4 is 79.1 Å². The molecule has 1 saturated heterocycles. The van der Waals surface area contributed by atoms with Gasteiger partial charge in [0.25, 0.3) is 0 Å². The Morgan fingerprint density at radius 1 is 0.758 bits per heavy atom. The highest BCUT2D eigenvalue weighted by Crippen LogP contribution is 2.36. The van der Waals surface area contributed by atoms with Gasteiger partial charge in [-0.15, -0.1) is 16.4 Å². The highest BCUT2D eigenvalue weighted by Gasteiger charge is 2.51. The summed E-state index contributed by atoms with van der Waals surface area (Å²) in [6.07, 6.45) is 2.04. The Labute approximate surface area is 203 Å².